The molecule has 5 rings (SSSR count). The molecule has 7 nitrogen and oxygen atoms in total. The van der Waals surface area contributed by atoms with E-state index in [0.717, 1.165) is 60.9 Å². The van der Waals surface area contributed by atoms with Crippen LogP contribution in [0.5, 0.6) is 0 Å². The van der Waals surface area contributed by atoms with Crippen molar-refractivity contribution in [3.8, 4) is 0 Å². The first-order chi connectivity index (χ1) is 17.9. The first-order valence-corrected chi connectivity index (χ1v) is 15.0. The van der Waals surface area contributed by atoms with Crippen LogP contribution in [0.3, 0.4) is 0 Å². The third-order valence-corrected chi connectivity index (χ3v) is 9.93. The van der Waals surface area contributed by atoms with Gasteiger partial charge in [-0.3, -0.25) is 9.10 Å². The van der Waals surface area contributed by atoms with E-state index in [9.17, 15) is 18.0 Å². The molecule has 1 aliphatic heterocycles. The van der Waals surface area contributed by atoms with Gasteiger partial charge in [0, 0.05) is 17.0 Å². The molecule has 2 aliphatic rings. The van der Waals surface area contributed by atoms with Gasteiger partial charge in [-0.15, -0.1) is 11.3 Å². The number of benzene rings is 2. The minimum atomic E-state index is -3.76. The Kier molecular flexibility index (Phi) is 7.35. The molecule has 1 amide bonds. The molecule has 1 aliphatic carbocycles. The van der Waals surface area contributed by atoms with Gasteiger partial charge in [0.15, 0.2) is 0 Å². The van der Waals surface area contributed by atoms with Gasteiger partial charge in [0.05, 0.1) is 22.8 Å². The van der Waals surface area contributed by atoms with Crippen molar-refractivity contribution >= 4 is 43.9 Å². The number of carbonyl (C=O) groups excluding carboxylic acids is 2. The number of anilines is 2. The highest BCUT2D eigenvalue weighted by Crippen LogP contribution is 2.38. The molecule has 0 atom stereocenters. The number of para-hydroxylation sites is 1. The molecule has 0 saturated heterocycles. The molecule has 0 fully saturated rings. The van der Waals surface area contributed by atoms with E-state index >= 15 is 0 Å². The first-order valence-electron chi connectivity index (χ1n) is 12.7. The van der Waals surface area contributed by atoms with Gasteiger partial charge in [-0.2, -0.15) is 0 Å². The van der Waals surface area contributed by atoms with E-state index in [4.69, 9.17) is 4.74 Å². The van der Waals surface area contributed by atoms with Gasteiger partial charge in [-0.1, -0.05) is 24.6 Å². The third-order valence-electron chi connectivity index (χ3n) is 6.90. The lowest BCUT2D eigenvalue weighted by atomic mass is 10.0. The molecule has 0 unspecified atom stereocenters. The Labute approximate surface area is 221 Å². The Morgan fingerprint density at radius 1 is 0.973 bits per heavy atom. The van der Waals surface area contributed by atoms with Crippen LogP contribution in [0.2, 0.25) is 0 Å². The quantitative estimate of drug-likeness (QED) is 0.326. The lowest BCUT2D eigenvalue weighted by Crippen LogP contribution is -2.35. The fraction of sp³-hybridized carbons (Fsp3) is 0.357. The number of nitrogens with zero attached hydrogens (tertiary/aromatic N) is 1. The highest BCUT2D eigenvalue weighted by molar-refractivity contribution is 7.92. The summed E-state index contributed by atoms with van der Waals surface area (Å²) in [5, 5.41) is 3.39. The largest absolute Gasteiger partial charge is 0.462 e. The molecule has 2 heterocycles. The number of esters is 1. The number of amides is 1. The van der Waals surface area contributed by atoms with Crippen molar-refractivity contribution in [1.82, 2.24) is 0 Å². The molecule has 1 N–H and O–H groups in total. The van der Waals surface area contributed by atoms with E-state index < -0.39 is 21.9 Å². The van der Waals surface area contributed by atoms with Crippen LogP contribution in [0.25, 0.3) is 0 Å². The summed E-state index contributed by atoms with van der Waals surface area (Å²) in [6, 6.07) is 13.5. The van der Waals surface area contributed by atoms with Crippen molar-refractivity contribution in [2.24, 2.45) is 0 Å². The predicted molar refractivity (Wildman–Crippen MR) is 145 cm³/mol. The summed E-state index contributed by atoms with van der Waals surface area (Å²) >= 11 is 1.44. The number of hydrogen-bond acceptors (Lipinski definition) is 6. The summed E-state index contributed by atoms with van der Waals surface area (Å²) in [7, 11) is -3.76. The molecule has 3 aromatic rings. The maximum atomic E-state index is 13.4. The van der Waals surface area contributed by atoms with Crippen LogP contribution in [0, 0.1) is 0 Å². The maximum Gasteiger partial charge on any atom is 0.341 e. The van der Waals surface area contributed by atoms with Crippen LogP contribution in [0.4, 0.5) is 10.7 Å². The standard InChI is InChI=1S/C28H30N2O5S2/c1-2-35-28(32)25-22-11-4-3-5-13-24(22)36-27(25)29-26(31)20-14-16-21(17-15-20)37(33,34)30-18-8-10-19-9-6-7-12-23(19)30/h6-7,9,12,14-17H,2-5,8,10-11,13,18H2,1H3,(H,29,31). The van der Waals surface area contributed by atoms with E-state index in [1.54, 1.807) is 6.92 Å². The molecule has 0 spiro atoms. The first kappa shape index (κ1) is 25.5. The number of hydrogen-bond donors (Lipinski definition) is 1. The second-order valence-corrected chi connectivity index (χ2v) is 12.2. The molecule has 37 heavy (non-hydrogen) atoms. The van der Waals surface area contributed by atoms with Crippen molar-refractivity contribution in [2.45, 2.75) is 56.8 Å². The van der Waals surface area contributed by atoms with Gasteiger partial charge >= 0.3 is 5.97 Å². The fourth-order valence-electron chi connectivity index (χ4n) is 5.08. The summed E-state index contributed by atoms with van der Waals surface area (Å²) in [4.78, 5) is 27.2. The minimum absolute atomic E-state index is 0.135. The normalized spacial score (nSPS) is 15.3. The van der Waals surface area contributed by atoms with Crippen LogP contribution < -0.4 is 9.62 Å². The molecule has 2 aromatic carbocycles. The van der Waals surface area contributed by atoms with Gasteiger partial charge in [-0.05, 0) is 86.9 Å². The molecular formula is C28H30N2O5S2. The Hall–Kier alpha value is -3.17. The molecule has 9 heteroatoms. The van der Waals surface area contributed by atoms with E-state index in [1.165, 1.54) is 39.9 Å². The Morgan fingerprint density at radius 3 is 2.51 bits per heavy atom. The number of ether oxygens (including phenoxy) is 1. The van der Waals surface area contributed by atoms with E-state index in [1.807, 2.05) is 24.3 Å². The van der Waals surface area contributed by atoms with Crippen molar-refractivity contribution in [1.29, 1.82) is 0 Å². The predicted octanol–water partition coefficient (Wildman–Crippen LogP) is 5.59. The number of thiophene rings is 1. The average Bonchev–Trinajstić information content (AvgIpc) is 3.08. The van der Waals surface area contributed by atoms with E-state index in [-0.39, 0.29) is 11.5 Å². The lowest BCUT2D eigenvalue weighted by molar-refractivity contribution is 0.0527. The Morgan fingerprint density at radius 2 is 1.73 bits per heavy atom. The van der Waals surface area contributed by atoms with Gasteiger partial charge in [0.2, 0.25) is 0 Å². The molecule has 1 aromatic heterocycles. The van der Waals surface area contributed by atoms with Crippen molar-refractivity contribution in [3.05, 3.63) is 75.7 Å². The van der Waals surface area contributed by atoms with Gasteiger partial charge in [0.1, 0.15) is 5.00 Å². The SMILES string of the molecule is CCOC(=O)c1c(NC(=O)c2ccc(S(=O)(=O)N3CCCc4ccccc43)cc2)sc2c1CCCCC2. The smallest absolute Gasteiger partial charge is 0.341 e. The molecular weight excluding hydrogens is 508 g/mol. The average molecular weight is 539 g/mol. The molecule has 194 valence electrons. The zero-order valence-electron chi connectivity index (χ0n) is 20.8. The monoisotopic (exact) mass is 538 g/mol. The lowest BCUT2D eigenvalue weighted by Gasteiger charge is -2.30. The zero-order chi connectivity index (χ0) is 26.0. The highest BCUT2D eigenvalue weighted by Gasteiger charge is 2.30. The number of fused-ring (bicyclic) bond motifs is 2. The number of rotatable bonds is 6. The van der Waals surface area contributed by atoms with E-state index in [0.29, 0.717) is 28.4 Å². The fourth-order valence-corrected chi connectivity index (χ4v) is 7.89. The van der Waals surface area contributed by atoms with E-state index in [2.05, 4.69) is 5.32 Å². The van der Waals surface area contributed by atoms with Crippen LogP contribution >= 0.6 is 11.3 Å². The topological polar surface area (TPSA) is 92.8 Å². The number of carbonyl (C=O) groups is 2. The second kappa shape index (κ2) is 10.7. The van der Waals surface area contributed by atoms with Crippen molar-refractivity contribution in [3.63, 3.8) is 0 Å². The number of aryl methyl sites for hydroxylation is 2. The Bertz CT molecular complexity index is 1430. The van der Waals surface area contributed by atoms with Crippen LogP contribution in [-0.4, -0.2) is 33.4 Å². The van der Waals surface area contributed by atoms with Crippen molar-refractivity contribution < 1.29 is 22.7 Å². The molecule has 0 bridgehead atoms. The summed E-state index contributed by atoms with van der Waals surface area (Å²) < 4.78 is 33.6. The van der Waals surface area contributed by atoms with Gasteiger partial charge < -0.3 is 10.1 Å². The van der Waals surface area contributed by atoms with Gasteiger partial charge in [-0.25, -0.2) is 13.2 Å². The van der Waals surface area contributed by atoms with Gasteiger partial charge in [0.25, 0.3) is 15.9 Å². The third kappa shape index (κ3) is 5.02. The second-order valence-electron chi connectivity index (χ2n) is 9.28. The number of nitrogens with one attached hydrogen (secondary N) is 1. The summed E-state index contributed by atoms with van der Waals surface area (Å²) in [5.74, 6) is -0.810. The van der Waals surface area contributed by atoms with Crippen LogP contribution in [0.1, 0.15) is 69.3 Å². The Balaban J connectivity index is 1.39. The molecule has 0 radical (unpaired) electrons. The summed E-state index contributed by atoms with van der Waals surface area (Å²) in [6.07, 6.45) is 6.45. The molecule has 0 saturated carbocycles. The number of sulfonamides is 1. The zero-order valence-corrected chi connectivity index (χ0v) is 22.4. The maximum absolute atomic E-state index is 13.4. The van der Waals surface area contributed by atoms with Crippen LogP contribution in [-0.2, 0) is 34.0 Å². The van der Waals surface area contributed by atoms with Crippen molar-refractivity contribution in [2.75, 3.05) is 22.8 Å². The summed E-state index contributed by atoms with van der Waals surface area (Å²) in [6.45, 7) is 2.44. The van der Waals surface area contributed by atoms with Crippen LogP contribution in [0.15, 0.2) is 53.4 Å². The minimum Gasteiger partial charge on any atom is -0.462 e. The summed E-state index contributed by atoms with van der Waals surface area (Å²) in [5.41, 5.74) is 3.48. The highest BCUT2D eigenvalue weighted by atomic mass is 32.2.